The highest BCUT2D eigenvalue weighted by molar-refractivity contribution is 5.78. The maximum atomic E-state index is 11.4. The largest absolute Gasteiger partial charge is 0.466 e. The topological polar surface area (TPSA) is 43.4 Å². The van der Waals surface area contributed by atoms with E-state index in [0.717, 1.165) is 38.5 Å². The number of unbranched alkanes of at least 4 members (excludes halogenated alkanes) is 6. The highest BCUT2D eigenvalue weighted by Crippen LogP contribution is 2.07. The zero-order valence-corrected chi connectivity index (χ0v) is 13.4. The fourth-order valence-electron chi connectivity index (χ4n) is 2.14. The molecule has 0 N–H and O–H groups in total. The van der Waals surface area contributed by atoms with Gasteiger partial charge in [-0.25, -0.2) is 0 Å². The first-order valence-corrected chi connectivity index (χ1v) is 8.38. The molecule has 0 aliphatic rings. The fourth-order valence-corrected chi connectivity index (χ4v) is 2.14. The third-order valence-electron chi connectivity index (χ3n) is 3.38. The molecule has 0 aliphatic carbocycles. The molecule has 0 fully saturated rings. The van der Waals surface area contributed by atoms with E-state index in [1.807, 2.05) is 6.92 Å². The molecule has 0 unspecified atom stereocenters. The molecule has 3 nitrogen and oxygen atoms in total. The summed E-state index contributed by atoms with van der Waals surface area (Å²) in [5.41, 5.74) is 0. The molecule has 0 aromatic carbocycles. The molecule has 0 spiro atoms. The van der Waals surface area contributed by atoms with Crippen molar-refractivity contribution in [3.8, 4) is 0 Å². The normalized spacial score (nSPS) is 10.5. The van der Waals surface area contributed by atoms with E-state index in [0.29, 0.717) is 31.7 Å². The molecule has 118 valence electrons. The Morgan fingerprint density at radius 2 is 1.35 bits per heavy atom. The summed E-state index contributed by atoms with van der Waals surface area (Å²) < 4.78 is 5.18. The molecule has 0 saturated carbocycles. The molecule has 0 heterocycles. The molecular formula is C17H32O3. The number of hydrogen-bond donors (Lipinski definition) is 0. The number of esters is 1. The summed E-state index contributed by atoms with van der Waals surface area (Å²) in [6.45, 7) is 4.78. The van der Waals surface area contributed by atoms with Gasteiger partial charge in [-0.05, 0) is 25.7 Å². The number of Topliss-reactive ketones (excluding diaryl/α,β-unsaturated/α-hetero) is 1. The minimum atomic E-state index is -0.0830. The van der Waals surface area contributed by atoms with Gasteiger partial charge in [0, 0.05) is 19.3 Å². The standard InChI is InChI=1S/C17H32O3/c1-3-5-6-7-11-15-20-17(19)14-10-8-9-13-16(18)12-4-2/h3-15H2,1-2H3. The predicted octanol–water partition coefficient (Wildman–Crippen LogP) is 4.82. The van der Waals surface area contributed by atoms with E-state index >= 15 is 0 Å². The Labute approximate surface area is 124 Å². The van der Waals surface area contributed by atoms with E-state index in [-0.39, 0.29) is 5.97 Å². The van der Waals surface area contributed by atoms with Crippen molar-refractivity contribution in [3.05, 3.63) is 0 Å². The Balaban J connectivity index is 3.26. The Morgan fingerprint density at radius 3 is 2.05 bits per heavy atom. The molecule has 0 atom stereocenters. The highest BCUT2D eigenvalue weighted by Gasteiger charge is 2.04. The van der Waals surface area contributed by atoms with Gasteiger partial charge in [0.1, 0.15) is 5.78 Å². The SMILES string of the molecule is CCCCCCCOC(=O)CCCCCC(=O)CCC. The number of carbonyl (C=O) groups is 2. The molecule has 20 heavy (non-hydrogen) atoms. The van der Waals surface area contributed by atoms with Crippen molar-refractivity contribution in [1.29, 1.82) is 0 Å². The van der Waals surface area contributed by atoms with Crippen molar-refractivity contribution in [1.82, 2.24) is 0 Å². The number of hydrogen-bond acceptors (Lipinski definition) is 3. The predicted molar refractivity (Wildman–Crippen MR) is 82.7 cm³/mol. The van der Waals surface area contributed by atoms with Crippen molar-refractivity contribution in [3.63, 3.8) is 0 Å². The Hall–Kier alpha value is -0.860. The van der Waals surface area contributed by atoms with E-state index in [4.69, 9.17) is 4.74 Å². The maximum Gasteiger partial charge on any atom is 0.305 e. The first kappa shape index (κ1) is 19.1. The minimum absolute atomic E-state index is 0.0830. The van der Waals surface area contributed by atoms with Gasteiger partial charge in [-0.1, -0.05) is 46.0 Å². The van der Waals surface area contributed by atoms with Gasteiger partial charge in [0.2, 0.25) is 0 Å². The first-order chi connectivity index (χ1) is 9.70. The number of carbonyl (C=O) groups excluding carboxylic acids is 2. The molecule has 0 radical (unpaired) electrons. The van der Waals surface area contributed by atoms with Gasteiger partial charge >= 0.3 is 5.97 Å². The smallest absolute Gasteiger partial charge is 0.305 e. The minimum Gasteiger partial charge on any atom is -0.466 e. The van der Waals surface area contributed by atoms with Gasteiger partial charge in [-0.3, -0.25) is 9.59 Å². The van der Waals surface area contributed by atoms with Crippen LogP contribution in [0.3, 0.4) is 0 Å². The number of ketones is 1. The van der Waals surface area contributed by atoms with Crippen molar-refractivity contribution >= 4 is 11.8 Å². The lowest BCUT2D eigenvalue weighted by atomic mass is 10.1. The first-order valence-electron chi connectivity index (χ1n) is 8.38. The summed E-state index contributed by atoms with van der Waals surface area (Å²) in [5, 5.41) is 0. The van der Waals surface area contributed by atoms with Gasteiger partial charge < -0.3 is 4.74 Å². The van der Waals surface area contributed by atoms with Crippen LogP contribution in [0.15, 0.2) is 0 Å². The van der Waals surface area contributed by atoms with Gasteiger partial charge in [0.15, 0.2) is 0 Å². The van der Waals surface area contributed by atoms with Crippen molar-refractivity contribution in [2.75, 3.05) is 6.61 Å². The molecule has 0 bridgehead atoms. The lowest BCUT2D eigenvalue weighted by Crippen LogP contribution is -2.05. The third kappa shape index (κ3) is 13.6. The van der Waals surface area contributed by atoms with Crippen LogP contribution in [0.4, 0.5) is 0 Å². The molecule has 0 aliphatic heterocycles. The summed E-state index contributed by atoms with van der Waals surface area (Å²) in [4.78, 5) is 22.7. The summed E-state index contributed by atoms with van der Waals surface area (Å²) in [7, 11) is 0. The second-order valence-corrected chi connectivity index (χ2v) is 5.48. The van der Waals surface area contributed by atoms with Crippen molar-refractivity contribution in [2.24, 2.45) is 0 Å². The van der Waals surface area contributed by atoms with Crippen LogP contribution in [-0.4, -0.2) is 18.4 Å². The zero-order chi connectivity index (χ0) is 15.1. The lowest BCUT2D eigenvalue weighted by molar-refractivity contribution is -0.143. The van der Waals surface area contributed by atoms with E-state index in [2.05, 4.69) is 6.92 Å². The molecule has 0 saturated heterocycles. The molecular weight excluding hydrogens is 252 g/mol. The van der Waals surface area contributed by atoms with Crippen LogP contribution >= 0.6 is 0 Å². The Morgan fingerprint density at radius 1 is 0.700 bits per heavy atom. The van der Waals surface area contributed by atoms with Gasteiger partial charge in [0.25, 0.3) is 0 Å². The monoisotopic (exact) mass is 284 g/mol. The second kappa shape index (κ2) is 14.5. The van der Waals surface area contributed by atoms with Crippen LogP contribution in [0.2, 0.25) is 0 Å². The summed E-state index contributed by atoms with van der Waals surface area (Å²) in [6, 6.07) is 0. The van der Waals surface area contributed by atoms with Crippen molar-refractivity contribution < 1.29 is 14.3 Å². The fraction of sp³-hybridized carbons (Fsp3) is 0.882. The van der Waals surface area contributed by atoms with E-state index in [1.165, 1.54) is 19.3 Å². The number of rotatable bonds is 14. The van der Waals surface area contributed by atoms with Crippen LogP contribution in [0.5, 0.6) is 0 Å². The Bertz CT molecular complexity index is 249. The van der Waals surface area contributed by atoms with Crippen LogP contribution in [-0.2, 0) is 14.3 Å². The lowest BCUT2D eigenvalue weighted by Gasteiger charge is -2.04. The average molecular weight is 284 g/mol. The summed E-state index contributed by atoms with van der Waals surface area (Å²) in [5.74, 6) is 0.266. The van der Waals surface area contributed by atoms with Gasteiger partial charge in [-0.2, -0.15) is 0 Å². The molecule has 0 rings (SSSR count). The van der Waals surface area contributed by atoms with Crippen molar-refractivity contribution in [2.45, 2.75) is 90.9 Å². The zero-order valence-electron chi connectivity index (χ0n) is 13.4. The van der Waals surface area contributed by atoms with Crippen LogP contribution in [0.1, 0.15) is 90.9 Å². The molecule has 0 aromatic rings. The van der Waals surface area contributed by atoms with Crippen LogP contribution in [0.25, 0.3) is 0 Å². The van der Waals surface area contributed by atoms with E-state index in [9.17, 15) is 9.59 Å². The number of ether oxygens (including phenoxy) is 1. The second-order valence-electron chi connectivity index (χ2n) is 5.48. The molecule has 0 aromatic heterocycles. The highest BCUT2D eigenvalue weighted by atomic mass is 16.5. The van der Waals surface area contributed by atoms with Gasteiger partial charge in [-0.15, -0.1) is 0 Å². The maximum absolute atomic E-state index is 11.4. The third-order valence-corrected chi connectivity index (χ3v) is 3.38. The van der Waals surface area contributed by atoms with E-state index in [1.54, 1.807) is 0 Å². The summed E-state index contributed by atoms with van der Waals surface area (Å²) >= 11 is 0. The Kier molecular flexibility index (Phi) is 13.9. The average Bonchev–Trinajstić information content (AvgIpc) is 2.42. The van der Waals surface area contributed by atoms with Crippen LogP contribution in [0, 0.1) is 0 Å². The molecule has 3 heteroatoms. The molecule has 0 amide bonds. The quantitative estimate of drug-likeness (QED) is 0.339. The van der Waals surface area contributed by atoms with E-state index < -0.39 is 0 Å². The van der Waals surface area contributed by atoms with Gasteiger partial charge in [0.05, 0.1) is 6.61 Å². The van der Waals surface area contributed by atoms with Crippen LogP contribution < -0.4 is 0 Å². The summed E-state index contributed by atoms with van der Waals surface area (Å²) in [6.07, 6.45) is 11.4.